The number of benzene rings is 2. The average molecular weight is 432 g/mol. The van der Waals surface area contributed by atoms with Crippen LogP contribution >= 0.6 is 34.1 Å². The first-order valence-electron chi connectivity index (χ1n) is 6.19. The van der Waals surface area contributed by atoms with Crippen molar-refractivity contribution in [3.63, 3.8) is 0 Å². The lowest BCUT2D eigenvalue weighted by molar-refractivity contribution is 0.215. The fourth-order valence-electron chi connectivity index (χ4n) is 2.47. The number of nitrogens with one attached hydrogen (secondary N) is 1. The first kappa shape index (κ1) is 14.0. The average Bonchev–Trinajstić information content (AvgIpc) is 3.04. The van der Waals surface area contributed by atoms with Crippen molar-refractivity contribution in [1.82, 2.24) is 9.59 Å². The minimum atomic E-state index is -1.26. The summed E-state index contributed by atoms with van der Waals surface area (Å²) >= 11 is 3.03. The minimum Gasteiger partial charge on any atom is -0.356 e. The summed E-state index contributed by atoms with van der Waals surface area (Å²) in [5, 5.41) is 16.7. The van der Waals surface area contributed by atoms with E-state index >= 15 is 0 Å². The van der Waals surface area contributed by atoms with E-state index in [0.29, 0.717) is 14.0 Å². The Kier molecular flexibility index (Phi) is 3.16. The van der Waals surface area contributed by atoms with Crippen LogP contribution in [0.4, 0.5) is 25.8 Å². The molecule has 0 aliphatic carbocycles. The zero-order valence-electron chi connectivity index (χ0n) is 10.7. The number of aromatic nitrogens is 2. The van der Waals surface area contributed by atoms with Gasteiger partial charge in [-0.1, -0.05) is 4.49 Å². The summed E-state index contributed by atoms with van der Waals surface area (Å²) in [5.41, 5.74) is 0.630. The maximum Gasteiger partial charge on any atom is 0.210 e. The summed E-state index contributed by atoms with van der Waals surface area (Å²) in [6.07, 6.45) is -1.26. The highest BCUT2D eigenvalue weighted by molar-refractivity contribution is 14.1. The summed E-state index contributed by atoms with van der Waals surface area (Å²) in [4.78, 5) is 1.18. The molecular formula is C13H7F2IN4OS. The second kappa shape index (κ2) is 4.96. The van der Waals surface area contributed by atoms with E-state index < -0.39 is 18.0 Å². The van der Waals surface area contributed by atoms with Crippen molar-refractivity contribution >= 4 is 61.4 Å². The Morgan fingerprint density at radius 3 is 2.91 bits per heavy atom. The maximum absolute atomic E-state index is 14.7. The molecule has 1 atom stereocenters. The molecule has 0 saturated carbocycles. The van der Waals surface area contributed by atoms with Gasteiger partial charge in [-0.2, -0.15) is 0 Å². The van der Waals surface area contributed by atoms with Gasteiger partial charge in [0, 0.05) is 3.57 Å². The molecule has 112 valence electrons. The van der Waals surface area contributed by atoms with Crippen LogP contribution in [0.2, 0.25) is 0 Å². The Bertz CT molecular complexity index is 903. The molecular weight excluding hydrogens is 425 g/mol. The van der Waals surface area contributed by atoms with Crippen LogP contribution in [0.25, 0.3) is 10.2 Å². The smallest absolute Gasteiger partial charge is 0.210 e. The number of anilines is 3. The minimum absolute atomic E-state index is 0.0628. The molecule has 1 unspecified atom stereocenters. The van der Waals surface area contributed by atoms with Crippen LogP contribution in [0, 0.1) is 15.2 Å². The van der Waals surface area contributed by atoms with E-state index in [1.54, 1.807) is 12.1 Å². The highest BCUT2D eigenvalue weighted by Gasteiger charge is 2.34. The first-order chi connectivity index (χ1) is 10.6. The van der Waals surface area contributed by atoms with Crippen molar-refractivity contribution in [3.05, 3.63) is 39.5 Å². The summed E-state index contributed by atoms with van der Waals surface area (Å²) in [5.74, 6) is -1.18. The lowest BCUT2D eigenvalue weighted by Crippen LogP contribution is -2.32. The molecule has 9 heteroatoms. The maximum atomic E-state index is 14.7. The standard InChI is InChI=1S/C13H7F2IN4OS/c14-6-3-5(16)1-2-8(6)20-12-7(17-13(20)21)4-9-11(10(12)15)18-19-22-9/h1-4,13,17,21H. The van der Waals surface area contributed by atoms with Crippen molar-refractivity contribution < 1.29 is 13.9 Å². The highest BCUT2D eigenvalue weighted by atomic mass is 127. The Hall–Kier alpha value is -1.59. The molecule has 5 nitrogen and oxygen atoms in total. The number of rotatable bonds is 1. The van der Waals surface area contributed by atoms with Gasteiger partial charge in [0.15, 0.2) is 5.82 Å². The highest BCUT2D eigenvalue weighted by Crippen LogP contribution is 2.45. The third kappa shape index (κ3) is 1.96. The number of aliphatic hydroxyl groups is 1. The molecule has 4 rings (SSSR count). The Morgan fingerprint density at radius 1 is 1.32 bits per heavy atom. The number of hydrogen-bond donors (Lipinski definition) is 2. The molecule has 3 aromatic rings. The lowest BCUT2D eigenvalue weighted by Gasteiger charge is -2.23. The van der Waals surface area contributed by atoms with E-state index in [9.17, 15) is 13.9 Å². The predicted octanol–water partition coefficient (Wildman–Crippen LogP) is 3.41. The van der Waals surface area contributed by atoms with Crippen LogP contribution in [-0.4, -0.2) is 21.0 Å². The second-order valence-corrected chi connectivity index (χ2v) is 6.72. The van der Waals surface area contributed by atoms with Gasteiger partial charge in [-0.15, -0.1) is 5.10 Å². The number of aliphatic hydroxyl groups excluding tert-OH is 1. The Labute approximate surface area is 140 Å². The summed E-state index contributed by atoms with van der Waals surface area (Å²) in [7, 11) is 0. The number of halogens is 3. The summed E-state index contributed by atoms with van der Waals surface area (Å²) in [6.45, 7) is 0. The van der Waals surface area contributed by atoms with Crippen molar-refractivity contribution in [2.45, 2.75) is 6.35 Å². The third-order valence-corrected chi connectivity index (χ3v) is 4.74. The number of fused-ring (bicyclic) bond motifs is 2. The monoisotopic (exact) mass is 432 g/mol. The van der Waals surface area contributed by atoms with E-state index in [1.165, 1.54) is 17.0 Å². The molecule has 2 heterocycles. The normalized spacial score (nSPS) is 16.9. The zero-order chi connectivity index (χ0) is 15.4. The summed E-state index contributed by atoms with van der Waals surface area (Å²) in [6, 6.07) is 6.15. The second-order valence-electron chi connectivity index (χ2n) is 4.69. The first-order valence-corrected chi connectivity index (χ1v) is 8.05. The SMILES string of the molecule is OC1Nc2cc3snnc3c(F)c2N1c1ccc(I)cc1F. The molecule has 2 N–H and O–H groups in total. The molecule has 1 aliphatic heterocycles. The van der Waals surface area contributed by atoms with Gasteiger partial charge in [-0.25, -0.2) is 8.78 Å². The quantitative estimate of drug-likeness (QED) is 0.578. The van der Waals surface area contributed by atoms with Gasteiger partial charge in [-0.05, 0) is 58.4 Å². The molecule has 2 aromatic carbocycles. The van der Waals surface area contributed by atoms with Crippen molar-refractivity contribution in [2.75, 3.05) is 10.2 Å². The molecule has 0 bridgehead atoms. The van der Waals surface area contributed by atoms with Crippen molar-refractivity contribution in [1.29, 1.82) is 0 Å². The van der Waals surface area contributed by atoms with Gasteiger partial charge >= 0.3 is 0 Å². The molecule has 1 aromatic heterocycles. The van der Waals surface area contributed by atoms with Crippen LogP contribution < -0.4 is 10.2 Å². The number of nitrogens with zero attached hydrogens (tertiary/aromatic N) is 3. The molecule has 22 heavy (non-hydrogen) atoms. The van der Waals surface area contributed by atoms with Crippen molar-refractivity contribution in [3.8, 4) is 0 Å². The van der Waals surface area contributed by atoms with Gasteiger partial charge in [0.2, 0.25) is 6.35 Å². The Morgan fingerprint density at radius 2 is 2.14 bits per heavy atom. The van der Waals surface area contributed by atoms with E-state index in [1.807, 2.05) is 22.6 Å². The Balaban J connectivity index is 1.96. The van der Waals surface area contributed by atoms with Gasteiger partial charge in [-0.3, -0.25) is 4.90 Å². The van der Waals surface area contributed by atoms with Gasteiger partial charge in [0.1, 0.15) is 17.0 Å². The molecule has 0 saturated heterocycles. The van der Waals surface area contributed by atoms with E-state index in [0.717, 1.165) is 11.5 Å². The zero-order valence-corrected chi connectivity index (χ0v) is 13.7. The van der Waals surface area contributed by atoms with E-state index in [4.69, 9.17) is 0 Å². The van der Waals surface area contributed by atoms with Crippen LogP contribution in [0.15, 0.2) is 24.3 Å². The third-order valence-electron chi connectivity index (χ3n) is 3.40. The van der Waals surface area contributed by atoms with Gasteiger partial charge in [0.05, 0.1) is 16.1 Å². The largest absolute Gasteiger partial charge is 0.356 e. The predicted molar refractivity (Wildman–Crippen MR) is 88.3 cm³/mol. The lowest BCUT2D eigenvalue weighted by atomic mass is 10.2. The molecule has 0 amide bonds. The van der Waals surface area contributed by atoms with Crippen LogP contribution in [0.1, 0.15) is 0 Å². The van der Waals surface area contributed by atoms with Crippen LogP contribution in [-0.2, 0) is 0 Å². The summed E-state index contributed by atoms with van der Waals surface area (Å²) < 4.78 is 33.9. The molecule has 1 aliphatic rings. The fraction of sp³-hybridized carbons (Fsp3) is 0.0769. The molecule has 0 fully saturated rings. The van der Waals surface area contributed by atoms with E-state index in [2.05, 4.69) is 14.9 Å². The van der Waals surface area contributed by atoms with Crippen LogP contribution in [0.5, 0.6) is 0 Å². The fourth-order valence-corrected chi connectivity index (χ4v) is 3.53. The van der Waals surface area contributed by atoms with Crippen molar-refractivity contribution in [2.24, 2.45) is 0 Å². The topological polar surface area (TPSA) is 61.3 Å². The van der Waals surface area contributed by atoms with E-state index in [-0.39, 0.29) is 16.9 Å². The van der Waals surface area contributed by atoms with Crippen LogP contribution in [0.3, 0.4) is 0 Å². The molecule has 0 spiro atoms. The van der Waals surface area contributed by atoms with Gasteiger partial charge < -0.3 is 10.4 Å². The molecule has 0 radical (unpaired) electrons. The van der Waals surface area contributed by atoms with Gasteiger partial charge in [0.25, 0.3) is 0 Å². The number of hydrogen-bond acceptors (Lipinski definition) is 6.